The van der Waals surface area contributed by atoms with Crippen molar-refractivity contribution in [1.82, 2.24) is 5.32 Å². The van der Waals surface area contributed by atoms with E-state index in [1.807, 2.05) is 30.3 Å². The van der Waals surface area contributed by atoms with Gasteiger partial charge >= 0.3 is 14.8 Å². The largest absolute Gasteiger partial charge is 0.500 e. The molecular weight excluding hydrogens is 342 g/mol. The van der Waals surface area contributed by atoms with Gasteiger partial charge in [-0.25, -0.2) is 0 Å². The highest BCUT2D eigenvalue weighted by molar-refractivity contribution is 6.60. The van der Waals surface area contributed by atoms with Crippen LogP contribution in [0.4, 0.5) is 0 Å². The number of nitrogens with one attached hydrogen (secondary N) is 1. The zero-order valence-corrected chi connectivity index (χ0v) is 16.3. The number of para-hydroxylation sites is 1. The van der Waals surface area contributed by atoms with Gasteiger partial charge < -0.3 is 28.1 Å². The monoisotopic (exact) mass is 371 g/mol. The van der Waals surface area contributed by atoms with Crippen molar-refractivity contribution in [3.8, 4) is 5.75 Å². The standard InChI is InChI=1S/C17H29NO6Si/c1-20-25(21-2,22-3)15-7-11-18-12-10-17(19)24-14-13-23-16-8-5-4-6-9-16/h4-6,8-9,18H,7,10-15H2,1-3H3. The van der Waals surface area contributed by atoms with Gasteiger partial charge in [-0.2, -0.15) is 0 Å². The third-order valence-corrected chi connectivity index (χ3v) is 6.47. The van der Waals surface area contributed by atoms with Crippen LogP contribution in [0, 0.1) is 0 Å². The summed E-state index contributed by atoms with van der Waals surface area (Å²) in [5, 5.41) is 3.20. The van der Waals surface area contributed by atoms with Crippen molar-refractivity contribution < 1.29 is 27.5 Å². The van der Waals surface area contributed by atoms with E-state index >= 15 is 0 Å². The van der Waals surface area contributed by atoms with Crippen LogP contribution in [0.3, 0.4) is 0 Å². The average Bonchev–Trinajstić information content (AvgIpc) is 2.66. The number of hydrogen-bond acceptors (Lipinski definition) is 7. The third-order valence-electron chi connectivity index (χ3n) is 3.63. The Balaban J connectivity index is 2.00. The maximum Gasteiger partial charge on any atom is 0.500 e. The maximum atomic E-state index is 11.6. The molecule has 8 heteroatoms. The second-order valence-corrected chi connectivity index (χ2v) is 8.37. The van der Waals surface area contributed by atoms with Crippen molar-refractivity contribution in [2.75, 3.05) is 47.6 Å². The second-order valence-electron chi connectivity index (χ2n) is 5.28. The molecule has 0 saturated heterocycles. The molecule has 142 valence electrons. The molecule has 0 spiro atoms. The molecule has 7 nitrogen and oxygen atoms in total. The molecule has 0 aliphatic rings. The summed E-state index contributed by atoms with van der Waals surface area (Å²) in [6.07, 6.45) is 1.18. The van der Waals surface area contributed by atoms with Crippen molar-refractivity contribution in [3.63, 3.8) is 0 Å². The minimum absolute atomic E-state index is 0.237. The summed E-state index contributed by atoms with van der Waals surface area (Å²) >= 11 is 0. The summed E-state index contributed by atoms with van der Waals surface area (Å²) in [5.41, 5.74) is 0. The first-order valence-corrected chi connectivity index (χ1v) is 10.3. The predicted octanol–water partition coefficient (Wildman–Crippen LogP) is 1.86. The highest BCUT2D eigenvalue weighted by Gasteiger charge is 2.36. The Morgan fingerprint density at radius 1 is 1.00 bits per heavy atom. The molecule has 0 saturated carbocycles. The average molecular weight is 372 g/mol. The number of carbonyl (C=O) groups excluding carboxylic acids is 1. The Morgan fingerprint density at radius 2 is 1.68 bits per heavy atom. The van der Waals surface area contributed by atoms with Gasteiger partial charge in [0.2, 0.25) is 0 Å². The fourth-order valence-corrected chi connectivity index (χ4v) is 3.93. The van der Waals surface area contributed by atoms with E-state index in [9.17, 15) is 4.79 Å². The topological polar surface area (TPSA) is 75.3 Å². The summed E-state index contributed by atoms with van der Waals surface area (Å²) in [6, 6.07) is 10.2. The number of ether oxygens (including phenoxy) is 2. The summed E-state index contributed by atoms with van der Waals surface area (Å²) in [6.45, 7) is 1.92. The van der Waals surface area contributed by atoms with Crippen molar-refractivity contribution in [3.05, 3.63) is 30.3 Å². The predicted molar refractivity (Wildman–Crippen MR) is 96.6 cm³/mol. The van der Waals surface area contributed by atoms with Crippen molar-refractivity contribution in [2.24, 2.45) is 0 Å². The Labute approximate surface area is 150 Å². The quantitative estimate of drug-likeness (QED) is 0.304. The number of esters is 1. The number of rotatable bonds is 14. The van der Waals surface area contributed by atoms with Crippen LogP contribution >= 0.6 is 0 Å². The van der Waals surface area contributed by atoms with Crippen LogP contribution in [-0.4, -0.2) is 62.4 Å². The first-order chi connectivity index (χ1) is 12.2. The Bertz CT molecular complexity index is 461. The van der Waals surface area contributed by atoms with Crippen LogP contribution in [0.15, 0.2) is 30.3 Å². The van der Waals surface area contributed by atoms with E-state index in [1.54, 1.807) is 21.3 Å². The minimum atomic E-state index is -2.49. The number of carbonyl (C=O) groups is 1. The first kappa shape index (κ1) is 21.6. The van der Waals surface area contributed by atoms with Gasteiger partial charge in [0, 0.05) is 33.9 Å². The minimum Gasteiger partial charge on any atom is -0.490 e. The fourth-order valence-electron chi connectivity index (χ4n) is 2.21. The van der Waals surface area contributed by atoms with Gasteiger partial charge in [-0.1, -0.05) is 18.2 Å². The zero-order chi connectivity index (χ0) is 18.4. The smallest absolute Gasteiger partial charge is 0.490 e. The van der Waals surface area contributed by atoms with Gasteiger partial charge in [-0.15, -0.1) is 0 Å². The Hall–Kier alpha value is -1.45. The molecule has 0 bridgehead atoms. The van der Waals surface area contributed by atoms with Gasteiger partial charge in [-0.05, 0) is 25.1 Å². The van der Waals surface area contributed by atoms with Gasteiger partial charge in [0.15, 0.2) is 0 Å². The molecule has 0 amide bonds. The van der Waals surface area contributed by atoms with Crippen LogP contribution in [0.5, 0.6) is 5.75 Å². The Kier molecular flexibility index (Phi) is 11.1. The molecule has 1 N–H and O–H groups in total. The molecule has 0 unspecified atom stereocenters. The molecule has 0 atom stereocenters. The lowest BCUT2D eigenvalue weighted by Crippen LogP contribution is -2.43. The van der Waals surface area contributed by atoms with E-state index < -0.39 is 8.80 Å². The summed E-state index contributed by atoms with van der Waals surface area (Å²) in [7, 11) is 2.31. The van der Waals surface area contributed by atoms with Gasteiger partial charge in [0.25, 0.3) is 0 Å². The van der Waals surface area contributed by atoms with Gasteiger partial charge in [0.05, 0.1) is 6.42 Å². The fraction of sp³-hybridized carbons (Fsp3) is 0.588. The molecule has 25 heavy (non-hydrogen) atoms. The van der Waals surface area contributed by atoms with E-state index in [0.717, 1.165) is 24.8 Å². The molecule has 0 aromatic heterocycles. The maximum absolute atomic E-state index is 11.6. The molecule has 1 aromatic carbocycles. The van der Waals surface area contributed by atoms with Crippen LogP contribution in [0.2, 0.25) is 6.04 Å². The SMILES string of the molecule is CO[Si](CCCNCCC(=O)OCCOc1ccccc1)(OC)OC. The second kappa shape index (κ2) is 12.8. The summed E-state index contributed by atoms with van der Waals surface area (Å²) < 4.78 is 26.6. The lowest BCUT2D eigenvalue weighted by Gasteiger charge is -2.24. The van der Waals surface area contributed by atoms with Crippen LogP contribution in [0.25, 0.3) is 0 Å². The summed E-state index contributed by atoms with van der Waals surface area (Å²) in [4.78, 5) is 11.6. The van der Waals surface area contributed by atoms with Crippen molar-refractivity contribution in [2.45, 2.75) is 18.9 Å². The van der Waals surface area contributed by atoms with E-state index in [2.05, 4.69) is 5.32 Å². The lowest BCUT2D eigenvalue weighted by molar-refractivity contribution is -0.144. The van der Waals surface area contributed by atoms with E-state index in [1.165, 1.54) is 0 Å². The highest BCUT2D eigenvalue weighted by atomic mass is 28.4. The van der Waals surface area contributed by atoms with Crippen LogP contribution in [0.1, 0.15) is 12.8 Å². The van der Waals surface area contributed by atoms with Crippen molar-refractivity contribution >= 4 is 14.8 Å². The molecule has 1 aromatic rings. The third kappa shape index (κ3) is 8.99. The molecular formula is C17H29NO6Si. The highest BCUT2D eigenvalue weighted by Crippen LogP contribution is 2.14. The normalized spacial score (nSPS) is 11.3. The number of benzene rings is 1. The molecule has 0 heterocycles. The zero-order valence-electron chi connectivity index (χ0n) is 15.3. The van der Waals surface area contributed by atoms with Crippen LogP contribution < -0.4 is 10.1 Å². The lowest BCUT2D eigenvalue weighted by atomic mass is 10.3. The molecule has 0 aliphatic carbocycles. The number of hydrogen-bond donors (Lipinski definition) is 1. The van der Waals surface area contributed by atoms with E-state index in [4.69, 9.17) is 22.8 Å². The molecule has 0 fully saturated rings. The first-order valence-electron chi connectivity index (χ1n) is 8.35. The summed E-state index contributed by atoms with van der Waals surface area (Å²) in [5.74, 6) is 0.529. The van der Waals surface area contributed by atoms with E-state index in [-0.39, 0.29) is 12.6 Å². The van der Waals surface area contributed by atoms with Crippen molar-refractivity contribution in [1.29, 1.82) is 0 Å². The van der Waals surface area contributed by atoms with Crippen LogP contribution in [-0.2, 0) is 22.8 Å². The van der Waals surface area contributed by atoms with Gasteiger partial charge in [0.1, 0.15) is 19.0 Å². The Morgan fingerprint density at radius 3 is 2.32 bits per heavy atom. The molecule has 1 rings (SSSR count). The molecule has 0 radical (unpaired) electrons. The van der Waals surface area contributed by atoms with E-state index in [0.29, 0.717) is 19.6 Å². The molecule has 0 aliphatic heterocycles. The van der Waals surface area contributed by atoms with Gasteiger partial charge in [-0.3, -0.25) is 4.79 Å².